The molecule has 0 aromatic rings. The summed E-state index contributed by atoms with van der Waals surface area (Å²) >= 11 is 0. The molecule has 0 radical (unpaired) electrons. The van der Waals surface area contributed by atoms with Crippen molar-refractivity contribution >= 4 is 11.9 Å². The maximum atomic E-state index is 11.2. The minimum atomic E-state index is -1.33. The van der Waals surface area contributed by atoms with Gasteiger partial charge in [0.25, 0.3) is 0 Å². The minimum Gasteiger partial charge on any atom is -0.465 e. The molecule has 7 heteroatoms. The minimum absolute atomic E-state index is 0.0194. The van der Waals surface area contributed by atoms with Gasteiger partial charge in [-0.2, -0.15) is 0 Å². The fourth-order valence-corrected chi connectivity index (χ4v) is 2.84. The van der Waals surface area contributed by atoms with E-state index in [0.717, 1.165) is 0 Å². The van der Waals surface area contributed by atoms with Crippen LogP contribution in [0.3, 0.4) is 0 Å². The Hall–Kier alpha value is -1.18. The van der Waals surface area contributed by atoms with E-state index in [4.69, 9.17) is 18.9 Å². The molecule has 22 heavy (non-hydrogen) atoms. The average Bonchev–Trinajstić information content (AvgIpc) is 2.45. The standard InChI is InChI=1S/C15H26O7/c1-11(16)20-8-14(3)13(22-10-19-4)6-5-7-15(14,18)9-21-12(2)17/h13,18H,5-10H2,1-4H3/t13-,14+,15-/m0/s1. The molecule has 128 valence electrons. The summed E-state index contributed by atoms with van der Waals surface area (Å²) in [5, 5.41) is 11.0. The van der Waals surface area contributed by atoms with Crippen LogP contribution in [-0.2, 0) is 28.5 Å². The van der Waals surface area contributed by atoms with Gasteiger partial charge in [-0.25, -0.2) is 0 Å². The van der Waals surface area contributed by atoms with Crippen LogP contribution in [0.2, 0.25) is 0 Å². The van der Waals surface area contributed by atoms with Gasteiger partial charge in [0.15, 0.2) is 0 Å². The van der Waals surface area contributed by atoms with Crippen molar-refractivity contribution in [3.05, 3.63) is 0 Å². The summed E-state index contributed by atoms with van der Waals surface area (Å²) in [7, 11) is 1.51. The lowest BCUT2D eigenvalue weighted by Gasteiger charge is -2.51. The number of aliphatic hydroxyl groups is 1. The molecule has 1 rings (SSSR count). The van der Waals surface area contributed by atoms with E-state index in [1.54, 1.807) is 6.92 Å². The second kappa shape index (κ2) is 7.89. The second-order valence-corrected chi connectivity index (χ2v) is 5.96. The number of rotatable bonds is 7. The van der Waals surface area contributed by atoms with E-state index in [9.17, 15) is 14.7 Å². The molecule has 1 saturated carbocycles. The SMILES string of the molecule is COCO[C@H]1CCC[C@](O)(COC(C)=O)[C@]1(C)COC(C)=O. The Morgan fingerprint density at radius 3 is 2.32 bits per heavy atom. The van der Waals surface area contributed by atoms with Crippen LogP contribution in [0, 0.1) is 5.41 Å². The van der Waals surface area contributed by atoms with Crippen LogP contribution in [0.5, 0.6) is 0 Å². The largest absolute Gasteiger partial charge is 0.465 e. The number of ether oxygens (including phenoxy) is 4. The second-order valence-electron chi connectivity index (χ2n) is 5.96. The molecule has 0 spiro atoms. The molecule has 0 aromatic carbocycles. The zero-order valence-electron chi connectivity index (χ0n) is 13.7. The normalized spacial score (nSPS) is 31.6. The third-order valence-electron chi connectivity index (χ3n) is 4.31. The number of carbonyl (C=O) groups is 2. The first kappa shape index (κ1) is 18.9. The molecule has 1 aliphatic rings. The quantitative estimate of drug-likeness (QED) is 0.553. The van der Waals surface area contributed by atoms with E-state index in [1.165, 1.54) is 21.0 Å². The van der Waals surface area contributed by atoms with Gasteiger partial charge in [0.2, 0.25) is 0 Å². The molecule has 0 saturated heterocycles. The third-order valence-corrected chi connectivity index (χ3v) is 4.31. The maximum Gasteiger partial charge on any atom is 0.302 e. The van der Waals surface area contributed by atoms with Crippen LogP contribution in [-0.4, -0.2) is 55.9 Å². The lowest BCUT2D eigenvalue weighted by atomic mass is 9.63. The van der Waals surface area contributed by atoms with E-state index in [0.29, 0.717) is 19.3 Å². The highest BCUT2D eigenvalue weighted by Gasteiger charge is 2.56. The highest BCUT2D eigenvalue weighted by atomic mass is 16.7. The van der Waals surface area contributed by atoms with E-state index < -0.39 is 23.0 Å². The summed E-state index contributed by atoms with van der Waals surface area (Å²) in [4.78, 5) is 22.3. The molecular formula is C15H26O7. The fourth-order valence-electron chi connectivity index (χ4n) is 2.84. The lowest BCUT2D eigenvalue weighted by molar-refractivity contribution is -0.235. The van der Waals surface area contributed by atoms with Crippen molar-refractivity contribution in [3.63, 3.8) is 0 Å². The smallest absolute Gasteiger partial charge is 0.302 e. The van der Waals surface area contributed by atoms with Crippen molar-refractivity contribution in [3.8, 4) is 0 Å². The first-order valence-electron chi connectivity index (χ1n) is 7.35. The van der Waals surface area contributed by atoms with Crippen LogP contribution in [0.15, 0.2) is 0 Å². The topological polar surface area (TPSA) is 91.3 Å². The predicted octanol–water partition coefficient (Wildman–Crippen LogP) is 1.02. The lowest BCUT2D eigenvalue weighted by Crippen LogP contribution is -2.61. The van der Waals surface area contributed by atoms with Crippen molar-refractivity contribution in [2.24, 2.45) is 5.41 Å². The molecule has 0 bridgehead atoms. The number of hydrogen-bond donors (Lipinski definition) is 1. The van der Waals surface area contributed by atoms with E-state index in [-0.39, 0.29) is 26.1 Å². The van der Waals surface area contributed by atoms with Crippen molar-refractivity contribution in [2.75, 3.05) is 27.1 Å². The molecule has 1 N–H and O–H groups in total. The van der Waals surface area contributed by atoms with Crippen LogP contribution in [0.1, 0.15) is 40.0 Å². The summed E-state index contributed by atoms with van der Waals surface area (Å²) in [5.74, 6) is -0.907. The summed E-state index contributed by atoms with van der Waals surface area (Å²) in [6, 6.07) is 0. The molecular weight excluding hydrogens is 292 g/mol. The van der Waals surface area contributed by atoms with Crippen LogP contribution in [0.4, 0.5) is 0 Å². The van der Waals surface area contributed by atoms with Gasteiger partial charge in [0.05, 0.1) is 11.5 Å². The highest BCUT2D eigenvalue weighted by molar-refractivity contribution is 5.66. The Morgan fingerprint density at radius 1 is 1.18 bits per heavy atom. The Morgan fingerprint density at radius 2 is 1.77 bits per heavy atom. The average molecular weight is 318 g/mol. The fraction of sp³-hybridized carbons (Fsp3) is 0.867. The van der Waals surface area contributed by atoms with Crippen molar-refractivity contribution < 1.29 is 33.6 Å². The van der Waals surface area contributed by atoms with Gasteiger partial charge in [0, 0.05) is 21.0 Å². The third kappa shape index (κ3) is 4.41. The van der Waals surface area contributed by atoms with E-state index >= 15 is 0 Å². The van der Waals surface area contributed by atoms with Gasteiger partial charge in [-0.3, -0.25) is 9.59 Å². The Balaban J connectivity index is 2.98. The van der Waals surface area contributed by atoms with Crippen LogP contribution in [0.25, 0.3) is 0 Å². The van der Waals surface area contributed by atoms with Gasteiger partial charge >= 0.3 is 11.9 Å². The van der Waals surface area contributed by atoms with Gasteiger partial charge < -0.3 is 24.1 Å². The maximum absolute atomic E-state index is 11.2. The van der Waals surface area contributed by atoms with Crippen molar-refractivity contribution in [1.29, 1.82) is 0 Å². The van der Waals surface area contributed by atoms with E-state index in [2.05, 4.69) is 0 Å². The molecule has 0 amide bonds. The first-order chi connectivity index (χ1) is 10.2. The summed E-state index contributed by atoms with van der Waals surface area (Å²) < 4.78 is 20.8. The van der Waals surface area contributed by atoms with E-state index in [1.807, 2.05) is 0 Å². The highest BCUT2D eigenvalue weighted by Crippen LogP contribution is 2.46. The molecule has 3 atom stereocenters. The molecule has 0 aliphatic heterocycles. The van der Waals surface area contributed by atoms with Gasteiger partial charge in [-0.05, 0) is 19.3 Å². The zero-order valence-corrected chi connectivity index (χ0v) is 13.7. The molecule has 0 aromatic heterocycles. The predicted molar refractivity (Wildman–Crippen MR) is 76.9 cm³/mol. The molecule has 7 nitrogen and oxygen atoms in total. The van der Waals surface area contributed by atoms with Crippen molar-refractivity contribution in [2.45, 2.75) is 51.7 Å². The number of esters is 2. The summed E-state index contributed by atoms with van der Waals surface area (Å²) in [6.45, 7) is 4.27. The van der Waals surface area contributed by atoms with Crippen LogP contribution >= 0.6 is 0 Å². The zero-order chi connectivity index (χ0) is 16.8. The molecule has 1 fully saturated rings. The monoisotopic (exact) mass is 318 g/mol. The van der Waals surface area contributed by atoms with Gasteiger partial charge in [-0.1, -0.05) is 6.92 Å². The molecule has 0 heterocycles. The summed E-state index contributed by atoms with van der Waals surface area (Å²) in [5.41, 5.74) is -2.23. The molecule has 0 unspecified atom stereocenters. The number of carbonyl (C=O) groups excluding carboxylic acids is 2. The van der Waals surface area contributed by atoms with Gasteiger partial charge in [-0.15, -0.1) is 0 Å². The number of hydrogen-bond acceptors (Lipinski definition) is 7. The molecule has 1 aliphatic carbocycles. The van der Waals surface area contributed by atoms with Crippen molar-refractivity contribution in [1.82, 2.24) is 0 Å². The van der Waals surface area contributed by atoms with Crippen LogP contribution < -0.4 is 0 Å². The Kier molecular flexibility index (Phi) is 6.77. The number of methoxy groups -OCH3 is 1. The summed E-state index contributed by atoms with van der Waals surface area (Å²) in [6.07, 6.45) is 1.47. The van der Waals surface area contributed by atoms with Gasteiger partial charge in [0.1, 0.15) is 25.6 Å². The first-order valence-corrected chi connectivity index (χ1v) is 7.35. The Bertz CT molecular complexity index is 397. The Labute approximate surface area is 130 Å².